The summed E-state index contributed by atoms with van der Waals surface area (Å²) < 4.78 is 5.00. The van der Waals surface area contributed by atoms with Crippen molar-refractivity contribution in [2.75, 3.05) is 25.6 Å². The molecular formula is C12H15N3O3. The molecule has 1 aromatic carbocycles. The van der Waals surface area contributed by atoms with Gasteiger partial charge in [0.15, 0.2) is 5.75 Å². The summed E-state index contributed by atoms with van der Waals surface area (Å²) in [5, 5.41) is 19.5. The average Bonchev–Trinajstić information content (AvgIpc) is 2.37. The molecule has 0 spiro atoms. The first-order chi connectivity index (χ1) is 8.49. The zero-order valence-corrected chi connectivity index (χ0v) is 10.6. The number of methoxy groups -OCH3 is 1. The average molecular weight is 249 g/mol. The molecule has 1 unspecified atom stereocenters. The first-order valence-electron chi connectivity index (χ1n) is 5.42. The van der Waals surface area contributed by atoms with Crippen molar-refractivity contribution < 1.29 is 9.66 Å². The van der Waals surface area contributed by atoms with Gasteiger partial charge in [-0.05, 0) is 13.0 Å². The van der Waals surface area contributed by atoms with Gasteiger partial charge in [-0.15, -0.1) is 0 Å². The predicted octanol–water partition coefficient (Wildman–Crippen LogP) is 2.20. The predicted molar refractivity (Wildman–Crippen MR) is 67.7 cm³/mol. The monoisotopic (exact) mass is 249 g/mol. The Morgan fingerprint density at radius 1 is 1.61 bits per heavy atom. The third kappa shape index (κ3) is 3.10. The standard InChI is InChI=1S/C12H15N3O3/c1-9(7-13)8-14(2)10-4-5-11(15(16)17)12(6-10)18-3/h4-6,9H,8H2,1-3H3. The maximum absolute atomic E-state index is 10.8. The molecule has 0 N–H and O–H groups in total. The summed E-state index contributed by atoms with van der Waals surface area (Å²) in [6.45, 7) is 2.37. The maximum atomic E-state index is 10.8. The van der Waals surface area contributed by atoms with Crippen LogP contribution in [0.2, 0.25) is 0 Å². The van der Waals surface area contributed by atoms with Gasteiger partial charge >= 0.3 is 5.69 Å². The van der Waals surface area contributed by atoms with Gasteiger partial charge in [0.05, 0.1) is 24.0 Å². The lowest BCUT2D eigenvalue weighted by molar-refractivity contribution is -0.385. The molecule has 6 nitrogen and oxygen atoms in total. The van der Waals surface area contributed by atoms with Gasteiger partial charge in [-0.2, -0.15) is 5.26 Å². The Labute approximate surface area is 106 Å². The van der Waals surface area contributed by atoms with E-state index >= 15 is 0 Å². The van der Waals surface area contributed by atoms with Crippen molar-refractivity contribution in [1.82, 2.24) is 0 Å². The van der Waals surface area contributed by atoms with Gasteiger partial charge in [0.1, 0.15) is 0 Å². The number of ether oxygens (including phenoxy) is 1. The van der Waals surface area contributed by atoms with Gasteiger partial charge in [-0.1, -0.05) is 0 Å². The lowest BCUT2D eigenvalue weighted by Crippen LogP contribution is -2.23. The van der Waals surface area contributed by atoms with Gasteiger partial charge in [-0.3, -0.25) is 10.1 Å². The molecule has 6 heteroatoms. The van der Waals surface area contributed by atoms with E-state index in [1.807, 2.05) is 18.9 Å². The van der Waals surface area contributed by atoms with E-state index in [1.165, 1.54) is 13.2 Å². The number of nitrogens with zero attached hydrogens (tertiary/aromatic N) is 3. The minimum Gasteiger partial charge on any atom is -0.490 e. The topological polar surface area (TPSA) is 79.4 Å². The van der Waals surface area contributed by atoms with Crippen LogP contribution in [0, 0.1) is 27.4 Å². The zero-order chi connectivity index (χ0) is 13.7. The quantitative estimate of drug-likeness (QED) is 0.590. The van der Waals surface area contributed by atoms with Crippen LogP contribution >= 0.6 is 0 Å². The minimum absolute atomic E-state index is 0.0667. The third-order valence-corrected chi connectivity index (χ3v) is 2.57. The molecule has 0 aromatic heterocycles. The van der Waals surface area contributed by atoms with Crippen LogP contribution < -0.4 is 9.64 Å². The molecule has 0 aliphatic rings. The zero-order valence-electron chi connectivity index (χ0n) is 10.6. The number of anilines is 1. The molecule has 1 aromatic rings. The molecule has 0 radical (unpaired) electrons. The van der Waals surface area contributed by atoms with Crippen LogP contribution in [0.3, 0.4) is 0 Å². The fourth-order valence-electron chi connectivity index (χ4n) is 1.61. The summed E-state index contributed by atoms with van der Waals surface area (Å²) in [6, 6.07) is 6.79. The van der Waals surface area contributed by atoms with Gasteiger partial charge in [-0.25, -0.2) is 0 Å². The van der Waals surface area contributed by atoms with Crippen LogP contribution in [0.1, 0.15) is 6.92 Å². The van der Waals surface area contributed by atoms with Crippen molar-refractivity contribution in [2.24, 2.45) is 5.92 Å². The lowest BCUT2D eigenvalue weighted by atomic mass is 10.2. The van der Waals surface area contributed by atoms with Crippen LogP contribution in [-0.2, 0) is 0 Å². The van der Waals surface area contributed by atoms with Crippen LogP contribution in [0.5, 0.6) is 5.75 Å². The molecule has 0 aliphatic heterocycles. The van der Waals surface area contributed by atoms with Crippen LogP contribution in [0.25, 0.3) is 0 Å². The SMILES string of the molecule is COc1cc(N(C)CC(C)C#N)ccc1[N+](=O)[O-]. The fraction of sp³-hybridized carbons (Fsp3) is 0.417. The summed E-state index contributed by atoms with van der Waals surface area (Å²) >= 11 is 0. The highest BCUT2D eigenvalue weighted by Gasteiger charge is 2.16. The van der Waals surface area contributed by atoms with Gasteiger partial charge in [0.2, 0.25) is 0 Å². The van der Waals surface area contributed by atoms with Crippen molar-refractivity contribution in [3.8, 4) is 11.8 Å². The molecule has 0 aliphatic carbocycles. The summed E-state index contributed by atoms with van der Waals surface area (Å²) in [5.41, 5.74) is 0.711. The number of nitro groups is 1. The first-order valence-corrected chi connectivity index (χ1v) is 5.42. The second-order valence-corrected chi connectivity index (χ2v) is 4.02. The van der Waals surface area contributed by atoms with Crippen molar-refractivity contribution in [3.05, 3.63) is 28.3 Å². The fourth-order valence-corrected chi connectivity index (χ4v) is 1.61. The molecule has 0 saturated carbocycles. The van der Waals surface area contributed by atoms with E-state index in [2.05, 4.69) is 6.07 Å². The van der Waals surface area contributed by atoms with E-state index in [0.717, 1.165) is 5.69 Å². The Morgan fingerprint density at radius 2 is 2.28 bits per heavy atom. The number of rotatable bonds is 5. The van der Waals surface area contributed by atoms with Gasteiger partial charge in [0.25, 0.3) is 0 Å². The molecular weight excluding hydrogens is 234 g/mol. The van der Waals surface area contributed by atoms with E-state index in [-0.39, 0.29) is 17.4 Å². The molecule has 18 heavy (non-hydrogen) atoms. The number of hydrogen-bond acceptors (Lipinski definition) is 5. The molecule has 96 valence electrons. The van der Waals surface area contributed by atoms with Crippen LogP contribution in [-0.4, -0.2) is 25.6 Å². The van der Waals surface area contributed by atoms with Crippen LogP contribution in [0.4, 0.5) is 11.4 Å². The maximum Gasteiger partial charge on any atom is 0.311 e. The highest BCUT2D eigenvalue weighted by Crippen LogP contribution is 2.31. The van der Waals surface area contributed by atoms with Crippen molar-refractivity contribution in [1.29, 1.82) is 5.26 Å². The van der Waals surface area contributed by atoms with Crippen molar-refractivity contribution in [3.63, 3.8) is 0 Å². The first kappa shape index (κ1) is 13.8. The second-order valence-electron chi connectivity index (χ2n) is 4.02. The Bertz CT molecular complexity index is 482. The smallest absolute Gasteiger partial charge is 0.311 e. The van der Waals surface area contributed by atoms with E-state index in [0.29, 0.717) is 6.54 Å². The Balaban J connectivity index is 2.99. The molecule has 1 atom stereocenters. The van der Waals surface area contributed by atoms with Gasteiger partial charge < -0.3 is 9.64 Å². The normalized spacial score (nSPS) is 11.4. The number of benzene rings is 1. The van der Waals surface area contributed by atoms with E-state index in [4.69, 9.17) is 10.00 Å². The highest BCUT2D eigenvalue weighted by molar-refractivity contribution is 5.59. The molecule has 0 fully saturated rings. The van der Waals surface area contributed by atoms with Crippen molar-refractivity contribution >= 4 is 11.4 Å². The van der Waals surface area contributed by atoms with E-state index in [1.54, 1.807) is 12.1 Å². The molecule has 0 heterocycles. The summed E-state index contributed by atoms with van der Waals surface area (Å²) in [4.78, 5) is 12.1. The lowest BCUT2D eigenvalue weighted by Gasteiger charge is -2.20. The Hall–Kier alpha value is -2.29. The van der Waals surface area contributed by atoms with Crippen molar-refractivity contribution in [2.45, 2.75) is 6.92 Å². The minimum atomic E-state index is -0.486. The van der Waals surface area contributed by atoms with E-state index < -0.39 is 4.92 Å². The highest BCUT2D eigenvalue weighted by atomic mass is 16.6. The molecule has 0 amide bonds. The summed E-state index contributed by atoms with van der Waals surface area (Å²) in [7, 11) is 3.22. The second kappa shape index (κ2) is 5.87. The largest absolute Gasteiger partial charge is 0.490 e. The van der Waals surface area contributed by atoms with E-state index in [9.17, 15) is 10.1 Å². The number of nitriles is 1. The molecule has 1 rings (SSSR count). The van der Waals surface area contributed by atoms with Gasteiger partial charge in [0, 0.05) is 31.4 Å². The summed E-state index contributed by atoms with van der Waals surface area (Å²) in [6.07, 6.45) is 0. The van der Waals surface area contributed by atoms with Crippen LogP contribution in [0.15, 0.2) is 18.2 Å². The number of nitro benzene ring substituents is 1. The molecule has 0 bridgehead atoms. The summed E-state index contributed by atoms with van der Waals surface area (Å²) in [5.74, 6) is 0.102. The number of hydrogen-bond donors (Lipinski definition) is 0. The molecule has 0 saturated heterocycles. The Morgan fingerprint density at radius 3 is 2.78 bits per heavy atom. The Kier molecular flexibility index (Phi) is 4.49. The third-order valence-electron chi connectivity index (χ3n) is 2.57.